The van der Waals surface area contributed by atoms with Gasteiger partial charge in [-0.15, -0.1) is 0 Å². The molecule has 4 heteroatoms. The van der Waals surface area contributed by atoms with Gasteiger partial charge in [0.25, 0.3) is 0 Å². The number of hydrogen-bond donors (Lipinski definition) is 1. The van der Waals surface area contributed by atoms with Crippen molar-refractivity contribution in [3.05, 3.63) is 64.1 Å². The van der Waals surface area contributed by atoms with E-state index in [1.54, 1.807) is 6.07 Å². The Bertz CT molecular complexity index is 761. The Morgan fingerprint density at radius 2 is 1.95 bits per heavy atom. The van der Waals surface area contributed by atoms with Crippen molar-refractivity contribution in [3.63, 3.8) is 0 Å². The molecule has 2 nitrogen and oxygen atoms in total. The summed E-state index contributed by atoms with van der Waals surface area (Å²) in [5, 5.41) is 4.25. The molecule has 0 amide bonds. The zero-order valence-electron chi connectivity index (χ0n) is 11.6. The average Bonchev–Trinajstić information content (AvgIpc) is 2.85. The lowest BCUT2D eigenvalue weighted by molar-refractivity contribution is 0.551. The largest absolute Gasteiger partial charge is 0.461 e. The van der Waals surface area contributed by atoms with Crippen LogP contribution in [-0.4, -0.2) is 0 Å². The summed E-state index contributed by atoms with van der Waals surface area (Å²) in [4.78, 5) is 0. The molecule has 0 fully saturated rings. The fourth-order valence-electron chi connectivity index (χ4n) is 2.47. The van der Waals surface area contributed by atoms with Gasteiger partial charge in [0.05, 0.1) is 5.69 Å². The van der Waals surface area contributed by atoms with E-state index >= 15 is 0 Å². The Kier molecular flexibility index (Phi) is 3.97. The van der Waals surface area contributed by atoms with E-state index in [9.17, 15) is 4.39 Å². The molecule has 1 heterocycles. The molecule has 0 saturated carbocycles. The quantitative estimate of drug-likeness (QED) is 0.673. The first-order valence-electron chi connectivity index (χ1n) is 6.88. The molecule has 3 aromatic rings. The minimum Gasteiger partial charge on any atom is -0.461 e. The topological polar surface area (TPSA) is 25.2 Å². The Morgan fingerprint density at radius 3 is 2.71 bits per heavy atom. The van der Waals surface area contributed by atoms with Gasteiger partial charge in [0.2, 0.25) is 0 Å². The Hall–Kier alpha value is -1.81. The van der Waals surface area contributed by atoms with E-state index in [0.29, 0.717) is 16.7 Å². The Labute approximate surface area is 131 Å². The molecule has 1 N–H and O–H groups in total. The molecule has 3 rings (SSSR count). The number of aryl methyl sites for hydroxylation is 1. The number of anilines is 1. The molecule has 0 unspecified atom stereocenters. The molecule has 0 aliphatic carbocycles. The number of benzene rings is 2. The molecule has 0 spiro atoms. The smallest absolute Gasteiger partial charge is 0.147 e. The van der Waals surface area contributed by atoms with Gasteiger partial charge in [-0.05, 0) is 34.1 Å². The number of nitrogens with one attached hydrogen (secondary N) is 1. The van der Waals surface area contributed by atoms with Gasteiger partial charge in [-0.3, -0.25) is 0 Å². The van der Waals surface area contributed by atoms with Crippen LogP contribution >= 0.6 is 15.9 Å². The molecule has 0 saturated heterocycles. The molecule has 1 aromatic heterocycles. The Morgan fingerprint density at radius 1 is 1.14 bits per heavy atom. The van der Waals surface area contributed by atoms with Crippen LogP contribution in [0.25, 0.3) is 11.0 Å². The lowest BCUT2D eigenvalue weighted by atomic mass is 10.1. The zero-order valence-corrected chi connectivity index (χ0v) is 13.2. The van der Waals surface area contributed by atoms with Crippen LogP contribution in [0, 0.1) is 5.82 Å². The van der Waals surface area contributed by atoms with E-state index in [4.69, 9.17) is 4.42 Å². The van der Waals surface area contributed by atoms with Crippen molar-refractivity contribution in [2.45, 2.75) is 19.9 Å². The number of hydrogen-bond acceptors (Lipinski definition) is 2. The highest BCUT2D eigenvalue weighted by Crippen LogP contribution is 2.29. The molecule has 2 aromatic carbocycles. The van der Waals surface area contributed by atoms with Crippen LogP contribution in [0.2, 0.25) is 0 Å². The molecule has 108 valence electrons. The van der Waals surface area contributed by atoms with Crippen LogP contribution in [0.15, 0.2) is 51.4 Å². The van der Waals surface area contributed by atoms with E-state index in [2.05, 4.69) is 28.2 Å². The fraction of sp³-hybridized carbons (Fsp3) is 0.176. The summed E-state index contributed by atoms with van der Waals surface area (Å²) >= 11 is 3.37. The predicted molar refractivity (Wildman–Crippen MR) is 87.0 cm³/mol. The second kappa shape index (κ2) is 5.90. The highest BCUT2D eigenvalue weighted by molar-refractivity contribution is 9.10. The maximum Gasteiger partial charge on any atom is 0.147 e. The number of para-hydroxylation sites is 2. The third-order valence-corrected chi connectivity index (χ3v) is 4.17. The van der Waals surface area contributed by atoms with Crippen molar-refractivity contribution in [2.75, 3.05) is 5.32 Å². The number of rotatable bonds is 4. The first-order chi connectivity index (χ1) is 10.2. The van der Waals surface area contributed by atoms with Crippen molar-refractivity contribution in [3.8, 4) is 0 Å². The summed E-state index contributed by atoms with van der Waals surface area (Å²) in [6, 6.07) is 12.9. The van der Waals surface area contributed by atoms with Gasteiger partial charge in [0, 0.05) is 28.4 Å². The minimum atomic E-state index is -0.268. The third kappa shape index (κ3) is 2.68. The maximum absolute atomic E-state index is 13.9. The van der Waals surface area contributed by atoms with Gasteiger partial charge in [0.1, 0.15) is 17.2 Å². The SMILES string of the molecule is CCc1oc2ccccc2c1CNc1c(F)cccc1Br. The lowest BCUT2D eigenvalue weighted by Crippen LogP contribution is -2.03. The van der Waals surface area contributed by atoms with Crippen molar-refractivity contribution >= 4 is 32.6 Å². The van der Waals surface area contributed by atoms with Crippen LogP contribution in [0.3, 0.4) is 0 Å². The van der Waals surface area contributed by atoms with Gasteiger partial charge < -0.3 is 9.73 Å². The molecule has 0 atom stereocenters. The van der Waals surface area contributed by atoms with Gasteiger partial charge in [-0.1, -0.05) is 31.2 Å². The third-order valence-electron chi connectivity index (χ3n) is 3.51. The summed E-state index contributed by atoms with van der Waals surface area (Å²) in [7, 11) is 0. The second-order valence-electron chi connectivity index (χ2n) is 4.80. The van der Waals surface area contributed by atoms with Crippen LogP contribution in [0.5, 0.6) is 0 Å². The van der Waals surface area contributed by atoms with Crippen LogP contribution in [0.4, 0.5) is 10.1 Å². The van der Waals surface area contributed by atoms with Gasteiger partial charge in [-0.2, -0.15) is 0 Å². The van der Waals surface area contributed by atoms with E-state index in [-0.39, 0.29) is 5.82 Å². The molecule has 0 radical (unpaired) electrons. The van der Waals surface area contributed by atoms with Gasteiger partial charge in [0.15, 0.2) is 0 Å². The van der Waals surface area contributed by atoms with E-state index in [1.165, 1.54) is 6.07 Å². The van der Waals surface area contributed by atoms with E-state index < -0.39 is 0 Å². The maximum atomic E-state index is 13.9. The fourth-order valence-corrected chi connectivity index (χ4v) is 2.95. The number of halogens is 2. The molecule has 21 heavy (non-hydrogen) atoms. The lowest BCUT2D eigenvalue weighted by Gasteiger charge is -2.09. The van der Waals surface area contributed by atoms with Crippen molar-refractivity contribution in [1.82, 2.24) is 0 Å². The molecular formula is C17H15BrFNO. The molecule has 0 aliphatic rings. The first-order valence-corrected chi connectivity index (χ1v) is 7.67. The first kappa shape index (κ1) is 14.1. The molecule has 0 bridgehead atoms. The van der Waals surface area contributed by atoms with Gasteiger partial charge in [-0.25, -0.2) is 4.39 Å². The van der Waals surface area contributed by atoms with Crippen molar-refractivity contribution in [2.24, 2.45) is 0 Å². The summed E-state index contributed by atoms with van der Waals surface area (Å²) in [5.74, 6) is 0.673. The monoisotopic (exact) mass is 347 g/mol. The van der Waals surface area contributed by atoms with E-state index in [0.717, 1.165) is 28.7 Å². The van der Waals surface area contributed by atoms with Crippen LogP contribution in [-0.2, 0) is 13.0 Å². The standard InChI is InChI=1S/C17H15BrFNO/c1-2-15-12(11-6-3-4-9-16(11)21-15)10-20-17-13(18)7-5-8-14(17)19/h3-9,20H,2,10H2,1H3. The number of furan rings is 1. The van der Waals surface area contributed by atoms with E-state index in [1.807, 2.05) is 30.3 Å². The highest BCUT2D eigenvalue weighted by atomic mass is 79.9. The van der Waals surface area contributed by atoms with Gasteiger partial charge >= 0.3 is 0 Å². The van der Waals surface area contributed by atoms with Crippen molar-refractivity contribution < 1.29 is 8.81 Å². The molecular weight excluding hydrogens is 333 g/mol. The second-order valence-corrected chi connectivity index (χ2v) is 5.66. The average molecular weight is 348 g/mol. The van der Waals surface area contributed by atoms with Crippen LogP contribution in [0.1, 0.15) is 18.2 Å². The summed E-state index contributed by atoms with van der Waals surface area (Å²) < 4.78 is 20.4. The summed E-state index contributed by atoms with van der Waals surface area (Å²) in [6.45, 7) is 2.58. The minimum absolute atomic E-state index is 0.268. The number of fused-ring (bicyclic) bond motifs is 1. The summed E-state index contributed by atoms with van der Waals surface area (Å²) in [5.41, 5.74) is 2.44. The highest BCUT2D eigenvalue weighted by Gasteiger charge is 2.13. The normalized spacial score (nSPS) is 11.0. The van der Waals surface area contributed by atoms with Crippen LogP contribution < -0.4 is 5.32 Å². The molecule has 0 aliphatic heterocycles. The van der Waals surface area contributed by atoms with Crippen molar-refractivity contribution in [1.29, 1.82) is 0 Å². The zero-order chi connectivity index (χ0) is 14.8. The summed E-state index contributed by atoms with van der Waals surface area (Å²) in [6.07, 6.45) is 0.810. The predicted octanol–water partition coefficient (Wildman–Crippen LogP) is 5.51. The Balaban J connectivity index is 1.95.